The Bertz CT molecular complexity index is 913. The van der Waals surface area contributed by atoms with E-state index in [1.807, 2.05) is 0 Å². The van der Waals surface area contributed by atoms with Gasteiger partial charge in [0.2, 0.25) is 15.9 Å². The Morgan fingerprint density at radius 3 is 2.23 bits per heavy atom. The summed E-state index contributed by atoms with van der Waals surface area (Å²) in [6.07, 6.45) is 0.229. The molecule has 1 unspecified atom stereocenters. The number of carbonyl (C=O) groups is 1. The van der Waals surface area contributed by atoms with Crippen molar-refractivity contribution in [2.75, 3.05) is 11.4 Å². The average molecular weight is 384 g/mol. The molecule has 2 aromatic rings. The van der Waals surface area contributed by atoms with Crippen molar-refractivity contribution in [2.45, 2.75) is 18.2 Å². The summed E-state index contributed by atoms with van der Waals surface area (Å²) in [5, 5.41) is 0. The van der Waals surface area contributed by atoms with Gasteiger partial charge in [0.1, 0.15) is 23.5 Å². The first-order valence-electron chi connectivity index (χ1n) is 7.75. The van der Waals surface area contributed by atoms with Crippen LogP contribution in [0, 0.1) is 17.5 Å². The lowest BCUT2D eigenvalue weighted by molar-refractivity contribution is -0.118. The van der Waals surface area contributed by atoms with Gasteiger partial charge in [0.05, 0.1) is 5.75 Å². The van der Waals surface area contributed by atoms with Gasteiger partial charge in [-0.05, 0) is 48.4 Å². The van der Waals surface area contributed by atoms with Crippen LogP contribution in [-0.4, -0.2) is 26.9 Å². The van der Waals surface area contributed by atoms with Gasteiger partial charge in [0.15, 0.2) is 0 Å². The van der Waals surface area contributed by atoms with E-state index < -0.39 is 45.2 Å². The maximum Gasteiger partial charge on any atom is 0.245 e. The second-order valence-electron chi connectivity index (χ2n) is 5.96. The Hall–Kier alpha value is -2.39. The minimum absolute atomic E-state index is 0.0594. The lowest BCUT2D eigenvalue weighted by atomic mass is 10.2. The zero-order chi connectivity index (χ0) is 18.9. The molecule has 0 saturated carbocycles. The summed E-state index contributed by atoms with van der Waals surface area (Å²) in [6.45, 7) is 0.270. The Morgan fingerprint density at radius 1 is 1.00 bits per heavy atom. The van der Waals surface area contributed by atoms with Crippen molar-refractivity contribution >= 4 is 21.6 Å². The molecule has 1 N–H and O–H groups in total. The van der Waals surface area contributed by atoms with Gasteiger partial charge in [-0.2, -0.15) is 0 Å². The van der Waals surface area contributed by atoms with Gasteiger partial charge in [-0.3, -0.25) is 4.79 Å². The zero-order valence-corrected chi connectivity index (χ0v) is 14.3. The molecule has 1 aliphatic rings. The highest BCUT2D eigenvalue weighted by Gasteiger charge is 2.35. The summed E-state index contributed by atoms with van der Waals surface area (Å²) in [7, 11) is -3.99. The molecular formula is C17H15F3N2O3S. The normalized spacial score (nSPS) is 17.7. The van der Waals surface area contributed by atoms with Crippen LogP contribution in [0.2, 0.25) is 0 Å². The van der Waals surface area contributed by atoms with E-state index in [1.54, 1.807) is 0 Å². The van der Waals surface area contributed by atoms with Crippen LogP contribution in [0.25, 0.3) is 0 Å². The smallest absolute Gasteiger partial charge is 0.245 e. The van der Waals surface area contributed by atoms with Crippen LogP contribution in [0.15, 0.2) is 42.5 Å². The Balaban J connectivity index is 1.70. The summed E-state index contributed by atoms with van der Waals surface area (Å²) in [6, 6.07) is 6.78. The van der Waals surface area contributed by atoms with Gasteiger partial charge in [0.25, 0.3) is 0 Å². The number of benzene rings is 2. The largest absolute Gasteiger partial charge is 0.311 e. The van der Waals surface area contributed by atoms with Crippen LogP contribution in [0.4, 0.5) is 18.9 Å². The molecular weight excluding hydrogens is 369 g/mol. The van der Waals surface area contributed by atoms with Crippen molar-refractivity contribution < 1.29 is 26.4 Å². The number of carbonyl (C=O) groups excluding carboxylic acids is 1. The van der Waals surface area contributed by atoms with E-state index in [4.69, 9.17) is 0 Å². The maximum atomic E-state index is 13.2. The van der Waals surface area contributed by atoms with Crippen LogP contribution in [-0.2, 0) is 20.6 Å². The average Bonchev–Trinajstić information content (AvgIpc) is 2.87. The molecule has 2 aromatic carbocycles. The van der Waals surface area contributed by atoms with E-state index >= 15 is 0 Å². The number of amides is 1. The van der Waals surface area contributed by atoms with Crippen LogP contribution in [0.3, 0.4) is 0 Å². The highest BCUT2D eigenvalue weighted by Crippen LogP contribution is 2.22. The van der Waals surface area contributed by atoms with E-state index in [-0.39, 0.29) is 18.5 Å². The summed E-state index contributed by atoms with van der Waals surface area (Å²) in [5.74, 6) is -3.32. The highest BCUT2D eigenvalue weighted by molar-refractivity contribution is 7.88. The Morgan fingerprint density at radius 2 is 1.62 bits per heavy atom. The lowest BCUT2D eigenvalue weighted by Crippen LogP contribution is -2.42. The first-order valence-corrected chi connectivity index (χ1v) is 9.41. The standard InChI is InChI=1S/C17H15F3N2O3S/c18-12-1-3-15(4-2-12)22-6-5-16(17(22)23)21-26(24,25)10-11-7-13(19)9-14(20)8-11/h1-4,7-9,16,21H,5-6,10H2. The molecule has 9 heteroatoms. The van der Waals surface area contributed by atoms with Crippen molar-refractivity contribution in [1.82, 2.24) is 4.72 Å². The van der Waals surface area contributed by atoms with Crippen LogP contribution < -0.4 is 9.62 Å². The first-order chi connectivity index (χ1) is 12.2. The number of nitrogens with zero attached hydrogens (tertiary/aromatic N) is 1. The molecule has 5 nitrogen and oxygen atoms in total. The van der Waals surface area contributed by atoms with E-state index in [1.165, 1.54) is 29.2 Å². The molecule has 1 saturated heterocycles. The number of anilines is 1. The van der Waals surface area contributed by atoms with Crippen LogP contribution in [0.1, 0.15) is 12.0 Å². The van der Waals surface area contributed by atoms with Crippen molar-refractivity contribution in [3.63, 3.8) is 0 Å². The second kappa shape index (κ2) is 7.08. The van der Waals surface area contributed by atoms with Crippen LogP contribution >= 0.6 is 0 Å². The number of rotatable bonds is 5. The molecule has 1 amide bonds. The van der Waals surface area contributed by atoms with Gasteiger partial charge in [-0.25, -0.2) is 26.3 Å². The van der Waals surface area contributed by atoms with Gasteiger partial charge in [0, 0.05) is 18.3 Å². The third-order valence-corrected chi connectivity index (χ3v) is 5.30. The molecule has 0 spiro atoms. The van der Waals surface area contributed by atoms with Crippen LogP contribution in [0.5, 0.6) is 0 Å². The third kappa shape index (κ3) is 4.23. The predicted octanol–water partition coefficient (Wildman–Crippen LogP) is 2.33. The van der Waals surface area contributed by atoms with E-state index in [2.05, 4.69) is 4.72 Å². The molecule has 0 radical (unpaired) electrons. The molecule has 0 bridgehead atoms. The lowest BCUT2D eigenvalue weighted by Gasteiger charge is -2.17. The van der Waals surface area contributed by atoms with Crippen molar-refractivity contribution in [1.29, 1.82) is 0 Å². The number of sulfonamides is 1. The van der Waals surface area contributed by atoms with E-state index in [0.29, 0.717) is 11.8 Å². The molecule has 1 fully saturated rings. The zero-order valence-electron chi connectivity index (χ0n) is 13.5. The molecule has 1 atom stereocenters. The summed E-state index contributed by atoms with van der Waals surface area (Å²) >= 11 is 0. The van der Waals surface area contributed by atoms with Gasteiger partial charge >= 0.3 is 0 Å². The van der Waals surface area contributed by atoms with Crippen molar-refractivity contribution in [2.24, 2.45) is 0 Å². The molecule has 3 rings (SSSR count). The molecule has 1 heterocycles. The van der Waals surface area contributed by atoms with E-state index in [0.717, 1.165) is 12.1 Å². The fourth-order valence-corrected chi connectivity index (χ4v) is 4.18. The van der Waals surface area contributed by atoms with Gasteiger partial charge in [-0.1, -0.05) is 0 Å². The number of hydrogen-bond donors (Lipinski definition) is 1. The van der Waals surface area contributed by atoms with Gasteiger partial charge in [-0.15, -0.1) is 0 Å². The first kappa shape index (κ1) is 18.4. The Labute approximate surface area is 148 Å². The number of hydrogen-bond acceptors (Lipinski definition) is 3. The topological polar surface area (TPSA) is 66.5 Å². The number of nitrogens with one attached hydrogen (secondary N) is 1. The molecule has 0 aromatic heterocycles. The van der Waals surface area contributed by atoms with Crippen molar-refractivity contribution in [3.05, 3.63) is 65.5 Å². The molecule has 1 aliphatic heterocycles. The molecule has 138 valence electrons. The maximum absolute atomic E-state index is 13.2. The fourth-order valence-electron chi connectivity index (χ4n) is 2.84. The summed E-state index contributed by atoms with van der Waals surface area (Å²) < 4.78 is 66.1. The minimum Gasteiger partial charge on any atom is -0.311 e. The molecule has 0 aliphatic carbocycles. The predicted molar refractivity (Wildman–Crippen MR) is 89.3 cm³/mol. The van der Waals surface area contributed by atoms with Crippen molar-refractivity contribution in [3.8, 4) is 0 Å². The summed E-state index contributed by atoms with van der Waals surface area (Å²) in [4.78, 5) is 13.8. The number of halogens is 3. The monoisotopic (exact) mass is 384 g/mol. The summed E-state index contributed by atoms with van der Waals surface area (Å²) in [5.41, 5.74) is 0.404. The highest BCUT2D eigenvalue weighted by atomic mass is 32.2. The van der Waals surface area contributed by atoms with E-state index in [9.17, 15) is 26.4 Å². The SMILES string of the molecule is O=C1C(NS(=O)(=O)Cc2cc(F)cc(F)c2)CCN1c1ccc(F)cc1. The molecule has 26 heavy (non-hydrogen) atoms. The minimum atomic E-state index is -3.99. The quantitative estimate of drug-likeness (QED) is 0.861. The Kier molecular flexibility index (Phi) is 5.01. The second-order valence-corrected chi connectivity index (χ2v) is 7.72. The van der Waals surface area contributed by atoms with Gasteiger partial charge < -0.3 is 4.90 Å². The third-order valence-electron chi connectivity index (χ3n) is 3.94. The fraction of sp³-hybridized carbons (Fsp3) is 0.235.